The lowest BCUT2D eigenvalue weighted by molar-refractivity contribution is -0.167. The highest BCUT2D eigenvalue weighted by Gasteiger charge is 2.19. The van der Waals surface area contributed by atoms with Gasteiger partial charge < -0.3 is 14.2 Å². The van der Waals surface area contributed by atoms with Gasteiger partial charge >= 0.3 is 17.9 Å². The van der Waals surface area contributed by atoms with Crippen LogP contribution in [0.1, 0.15) is 310 Å². The molecule has 0 saturated carbocycles. The number of hydrogen-bond donors (Lipinski definition) is 0. The predicted molar refractivity (Wildman–Crippen MR) is 357 cm³/mol. The summed E-state index contributed by atoms with van der Waals surface area (Å²) >= 11 is 0. The summed E-state index contributed by atoms with van der Waals surface area (Å²) in [6.45, 7) is 6.45. The van der Waals surface area contributed by atoms with E-state index >= 15 is 0 Å². The molecule has 0 aromatic rings. The summed E-state index contributed by atoms with van der Waals surface area (Å²) in [5, 5.41) is 0. The molecule has 0 aliphatic rings. The normalized spacial score (nSPS) is 13.0. The minimum absolute atomic E-state index is 0.0991. The number of allylic oxidation sites excluding steroid dienone is 22. The summed E-state index contributed by atoms with van der Waals surface area (Å²) in [4.78, 5) is 38.4. The molecule has 0 N–H and O–H groups in total. The van der Waals surface area contributed by atoms with Crippen molar-refractivity contribution in [1.29, 1.82) is 0 Å². The van der Waals surface area contributed by atoms with Crippen molar-refractivity contribution in [2.75, 3.05) is 13.2 Å². The zero-order valence-electron chi connectivity index (χ0n) is 53.5. The molecule has 1 unspecified atom stereocenters. The number of hydrogen-bond acceptors (Lipinski definition) is 6. The molecule has 0 radical (unpaired) electrons. The fourth-order valence-electron chi connectivity index (χ4n) is 9.24. The van der Waals surface area contributed by atoms with E-state index in [-0.39, 0.29) is 31.1 Å². The number of carbonyl (C=O) groups excluding carboxylic acids is 3. The van der Waals surface area contributed by atoms with Crippen LogP contribution in [-0.4, -0.2) is 37.2 Å². The van der Waals surface area contributed by atoms with Crippen molar-refractivity contribution in [1.82, 2.24) is 0 Å². The Morgan fingerprint density at radius 2 is 0.488 bits per heavy atom. The van der Waals surface area contributed by atoms with Gasteiger partial charge in [0.2, 0.25) is 0 Å². The van der Waals surface area contributed by atoms with Crippen molar-refractivity contribution in [2.45, 2.75) is 316 Å². The number of esters is 3. The topological polar surface area (TPSA) is 78.9 Å². The molecule has 0 fully saturated rings. The van der Waals surface area contributed by atoms with Crippen LogP contribution in [0.25, 0.3) is 0 Å². The first-order valence-electron chi connectivity index (χ1n) is 34.2. The molecule has 82 heavy (non-hydrogen) atoms. The Labute approximate surface area is 506 Å². The maximum atomic E-state index is 13.0. The van der Waals surface area contributed by atoms with Crippen molar-refractivity contribution >= 4 is 17.9 Å². The summed E-state index contributed by atoms with van der Waals surface area (Å²) in [7, 11) is 0. The standard InChI is InChI=1S/C76H126O6/c1-4-7-10-13-16-19-22-25-28-30-32-34-36-38-40-42-44-46-48-51-54-57-60-63-66-69-75(78)81-72-73(71-80-74(77)68-65-62-59-56-53-50-27-24-21-18-15-12-9-6-3)82-76(79)70-67-64-61-58-55-52-49-47-45-43-41-39-37-35-33-31-29-26-23-20-17-14-11-8-5-2/h7,10,15-16,18-19,23-28,31-34,38,40,44,46,51,54,73H,4-6,8-9,11-14,17,20-22,29-30,35-37,39,41-43,45,47-50,52-53,55-72H2,1-3H3/b10-7-,18-15-,19-16-,26-23-,27-24-,28-25-,33-31-,34-32-,40-38-,46-44-,54-51-. The molecule has 1 atom stereocenters. The van der Waals surface area contributed by atoms with Gasteiger partial charge in [0.1, 0.15) is 13.2 Å². The fraction of sp³-hybridized carbons (Fsp3) is 0.671. The number of unbranched alkanes of at least 4 members (excludes halogenated alkanes) is 28. The lowest BCUT2D eigenvalue weighted by atomic mass is 10.0. The first-order chi connectivity index (χ1) is 40.5. The molecular weight excluding hydrogens is 1010 g/mol. The van der Waals surface area contributed by atoms with Crippen LogP contribution in [0, 0.1) is 0 Å². The summed E-state index contributed by atoms with van der Waals surface area (Å²) in [6.07, 6.45) is 97.5. The Hall–Kier alpha value is -4.45. The minimum atomic E-state index is -0.805. The summed E-state index contributed by atoms with van der Waals surface area (Å²) in [5.74, 6) is -0.941. The molecule has 0 aliphatic carbocycles. The van der Waals surface area contributed by atoms with Crippen LogP contribution in [-0.2, 0) is 28.6 Å². The van der Waals surface area contributed by atoms with Crippen LogP contribution in [0.3, 0.4) is 0 Å². The zero-order chi connectivity index (χ0) is 59.2. The molecule has 0 aromatic heterocycles. The number of rotatable bonds is 61. The van der Waals surface area contributed by atoms with Gasteiger partial charge in [0.25, 0.3) is 0 Å². The molecule has 0 heterocycles. The lowest BCUT2D eigenvalue weighted by Crippen LogP contribution is -2.30. The molecule has 0 aliphatic heterocycles. The second kappa shape index (κ2) is 69.0. The highest BCUT2D eigenvalue weighted by Crippen LogP contribution is 2.16. The van der Waals surface area contributed by atoms with Gasteiger partial charge in [-0.1, -0.05) is 289 Å². The molecular formula is C76H126O6. The van der Waals surface area contributed by atoms with E-state index in [1.54, 1.807) is 0 Å². The van der Waals surface area contributed by atoms with Crippen molar-refractivity contribution in [3.63, 3.8) is 0 Å². The van der Waals surface area contributed by atoms with Crippen molar-refractivity contribution in [3.05, 3.63) is 134 Å². The van der Waals surface area contributed by atoms with Crippen LogP contribution < -0.4 is 0 Å². The van der Waals surface area contributed by atoms with Gasteiger partial charge in [-0.25, -0.2) is 0 Å². The van der Waals surface area contributed by atoms with Crippen LogP contribution in [0.15, 0.2) is 134 Å². The average molecular weight is 1140 g/mol. The molecule has 466 valence electrons. The quantitative estimate of drug-likeness (QED) is 0.0261. The Bertz CT molecular complexity index is 1730. The van der Waals surface area contributed by atoms with E-state index in [1.807, 2.05) is 0 Å². The van der Waals surface area contributed by atoms with E-state index in [2.05, 4.69) is 154 Å². The third kappa shape index (κ3) is 66.4. The van der Waals surface area contributed by atoms with E-state index in [0.717, 1.165) is 141 Å². The van der Waals surface area contributed by atoms with Crippen molar-refractivity contribution < 1.29 is 28.6 Å². The van der Waals surface area contributed by atoms with Crippen LogP contribution in [0.5, 0.6) is 0 Å². The molecule has 0 aromatic carbocycles. The van der Waals surface area contributed by atoms with Gasteiger partial charge in [-0.2, -0.15) is 0 Å². The molecule has 6 nitrogen and oxygen atoms in total. The minimum Gasteiger partial charge on any atom is -0.462 e. The second-order valence-corrected chi connectivity index (χ2v) is 22.3. The van der Waals surface area contributed by atoms with Gasteiger partial charge in [-0.05, 0) is 135 Å². The first kappa shape index (κ1) is 77.5. The fourth-order valence-corrected chi connectivity index (χ4v) is 9.24. The van der Waals surface area contributed by atoms with Gasteiger partial charge in [-0.15, -0.1) is 0 Å². The highest BCUT2D eigenvalue weighted by atomic mass is 16.6. The van der Waals surface area contributed by atoms with Crippen LogP contribution >= 0.6 is 0 Å². The van der Waals surface area contributed by atoms with E-state index in [0.29, 0.717) is 19.3 Å². The maximum absolute atomic E-state index is 13.0. The molecule has 0 amide bonds. The van der Waals surface area contributed by atoms with Gasteiger partial charge in [0, 0.05) is 19.3 Å². The summed E-state index contributed by atoms with van der Waals surface area (Å²) < 4.78 is 16.9. The van der Waals surface area contributed by atoms with E-state index < -0.39 is 6.10 Å². The maximum Gasteiger partial charge on any atom is 0.306 e. The first-order valence-corrected chi connectivity index (χ1v) is 34.2. The average Bonchev–Trinajstić information content (AvgIpc) is 3.47. The predicted octanol–water partition coefficient (Wildman–Crippen LogP) is 23.7. The van der Waals surface area contributed by atoms with Gasteiger partial charge in [0.05, 0.1) is 0 Å². The Balaban J connectivity index is 4.42. The summed E-state index contributed by atoms with van der Waals surface area (Å²) in [5.41, 5.74) is 0. The Kier molecular flexibility index (Phi) is 65.3. The molecule has 0 bridgehead atoms. The second-order valence-electron chi connectivity index (χ2n) is 22.3. The molecule has 6 heteroatoms. The zero-order valence-corrected chi connectivity index (χ0v) is 53.5. The smallest absolute Gasteiger partial charge is 0.306 e. The monoisotopic (exact) mass is 1130 g/mol. The van der Waals surface area contributed by atoms with E-state index in [9.17, 15) is 14.4 Å². The van der Waals surface area contributed by atoms with Gasteiger partial charge in [-0.3, -0.25) is 14.4 Å². The molecule has 0 spiro atoms. The SMILES string of the molecule is CC/C=C\C/C=C\C/C=C\C/C=C\C/C=C\C/C=C\C/C=C\CCCCCC(=O)OCC(COC(=O)CCCCCCC/C=C\C/C=C\CCCC)OC(=O)CCCCCCCCCCCCCCC/C=C\C/C=C\CCCCCCC. The largest absolute Gasteiger partial charge is 0.462 e. The molecule has 0 rings (SSSR count). The third-order valence-corrected chi connectivity index (χ3v) is 14.4. The summed E-state index contributed by atoms with van der Waals surface area (Å²) in [6, 6.07) is 0. The van der Waals surface area contributed by atoms with Crippen molar-refractivity contribution in [3.8, 4) is 0 Å². The molecule has 0 saturated heterocycles. The van der Waals surface area contributed by atoms with E-state index in [4.69, 9.17) is 14.2 Å². The number of ether oxygens (including phenoxy) is 3. The third-order valence-electron chi connectivity index (χ3n) is 14.4. The number of carbonyl (C=O) groups is 3. The van der Waals surface area contributed by atoms with Crippen molar-refractivity contribution in [2.24, 2.45) is 0 Å². The highest BCUT2D eigenvalue weighted by molar-refractivity contribution is 5.71. The Morgan fingerprint density at radius 1 is 0.256 bits per heavy atom. The van der Waals surface area contributed by atoms with Gasteiger partial charge in [0.15, 0.2) is 6.10 Å². The van der Waals surface area contributed by atoms with Crippen LogP contribution in [0.2, 0.25) is 0 Å². The van der Waals surface area contributed by atoms with E-state index in [1.165, 1.54) is 128 Å². The van der Waals surface area contributed by atoms with Crippen LogP contribution in [0.4, 0.5) is 0 Å². The Morgan fingerprint density at radius 3 is 0.793 bits per heavy atom. The lowest BCUT2D eigenvalue weighted by Gasteiger charge is -2.18.